The number of carbonyl (C=O) groups excluding carboxylic acids is 2. The molecule has 3 aromatic rings. The molecule has 0 unspecified atom stereocenters. The van der Waals surface area contributed by atoms with E-state index in [2.05, 4.69) is 9.97 Å². The van der Waals surface area contributed by atoms with Gasteiger partial charge >= 0.3 is 0 Å². The molecular weight excluding hydrogens is 362 g/mol. The summed E-state index contributed by atoms with van der Waals surface area (Å²) in [6, 6.07) is 13.4. The topological polar surface area (TPSA) is 63.2 Å². The molecule has 0 bridgehead atoms. The number of amides is 1. The first-order chi connectivity index (χ1) is 14.0. The van der Waals surface area contributed by atoms with Crippen molar-refractivity contribution in [1.29, 1.82) is 0 Å². The van der Waals surface area contributed by atoms with Crippen molar-refractivity contribution in [3.63, 3.8) is 0 Å². The van der Waals surface area contributed by atoms with Gasteiger partial charge in [-0.1, -0.05) is 19.1 Å². The van der Waals surface area contributed by atoms with Crippen LogP contribution in [0, 0.1) is 6.92 Å². The van der Waals surface area contributed by atoms with Gasteiger partial charge in [-0.25, -0.2) is 0 Å². The smallest absolute Gasteiger partial charge is 0.226 e. The Morgan fingerprint density at radius 1 is 1.07 bits per heavy atom. The van der Waals surface area contributed by atoms with Gasteiger partial charge in [-0.2, -0.15) is 0 Å². The average Bonchev–Trinajstić information content (AvgIpc) is 2.77. The zero-order valence-corrected chi connectivity index (χ0v) is 17.1. The Kier molecular flexibility index (Phi) is 6.50. The normalized spacial score (nSPS) is 10.6. The predicted molar refractivity (Wildman–Crippen MR) is 115 cm³/mol. The maximum atomic E-state index is 12.4. The van der Waals surface area contributed by atoms with Gasteiger partial charge in [0.1, 0.15) is 0 Å². The number of Topliss-reactive ketones (excluding diaryl/α,β-unsaturated/α-hetero) is 1. The molecule has 0 spiro atoms. The van der Waals surface area contributed by atoms with Crippen LogP contribution in [0.5, 0.6) is 0 Å². The Morgan fingerprint density at radius 3 is 2.52 bits per heavy atom. The standard InChI is InChI=1S/C24H25N3O2/c1-4-24(29)27(3)20-9-10-21(17(2)14-20)22-11-8-19(16-26-22)23(28)12-7-18-6-5-13-25-15-18/h5-6,8-11,13-16H,4,7,12H2,1-3H3. The van der Waals surface area contributed by atoms with Gasteiger partial charge in [-0.05, 0) is 54.8 Å². The number of anilines is 1. The van der Waals surface area contributed by atoms with E-state index in [-0.39, 0.29) is 11.7 Å². The van der Waals surface area contributed by atoms with Gasteiger partial charge in [0.2, 0.25) is 5.91 Å². The molecule has 0 aliphatic carbocycles. The van der Waals surface area contributed by atoms with E-state index in [0.717, 1.165) is 28.1 Å². The number of pyridine rings is 2. The second-order valence-electron chi connectivity index (χ2n) is 7.02. The lowest BCUT2D eigenvalue weighted by molar-refractivity contribution is -0.118. The van der Waals surface area contributed by atoms with Gasteiger partial charge in [-0.3, -0.25) is 19.6 Å². The summed E-state index contributed by atoms with van der Waals surface area (Å²) in [5, 5.41) is 0. The van der Waals surface area contributed by atoms with E-state index in [0.29, 0.717) is 24.8 Å². The fourth-order valence-electron chi connectivity index (χ4n) is 3.19. The third kappa shape index (κ3) is 4.93. The summed E-state index contributed by atoms with van der Waals surface area (Å²) >= 11 is 0. The van der Waals surface area contributed by atoms with E-state index in [1.165, 1.54) is 0 Å². The Labute approximate surface area is 171 Å². The van der Waals surface area contributed by atoms with Crippen molar-refractivity contribution in [1.82, 2.24) is 9.97 Å². The van der Waals surface area contributed by atoms with Crippen LogP contribution in [0.1, 0.15) is 41.3 Å². The first-order valence-electron chi connectivity index (χ1n) is 9.75. The molecule has 29 heavy (non-hydrogen) atoms. The lowest BCUT2D eigenvalue weighted by atomic mass is 10.0. The maximum Gasteiger partial charge on any atom is 0.226 e. The number of aromatic nitrogens is 2. The number of hydrogen-bond donors (Lipinski definition) is 0. The first kappa shape index (κ1) is 20.4. The van der Waals surface area contributed by atoms with E-state index in [9.17, 15) is 9.59 Å². The molecule has 0 aliphatic rings. The van der Waals surface area contributed by atoms with Gasteiger partial charge in [0.05, 0.1) is 5.69 Å². The van der Waals surface area contributed by atoms with E-state index >= 15 is 0 Å². The van der Waals surface area contributed by atoms with Crippen LogP contribution < -0.4 is 4.90 Å². The highest BCUT2D eigenvalue weighted by Gasteiger charge is 2.12. The molecular formula is C24H25N3O2. The second kappa shape index (κ2) is 9.24. The molecule has 1 amide bonds. The van der Waals surface area contributed by atoms with Crippen LogP contribution in [-0.4, -0.2) is 28.7 Å². The molecule has 0 radical (unpaired) electrons. The van der Waals surface area contributed by atoms with Crippen LogP contribution in [0.3, 0.4) is 0 Å². The molecule has 0 aliphatic heterocycles. The molecule has 148 valence electrons. The van der Waals surface area contributed by atoms with Crippen molar-refractivity contribution in [2.24, 2.45) is 0 Å². The summed E-state index contributed by atoms with van der Waals surface area (Å²) in [6.45, 7) is 3.85. The van der Waals surface area contributed by atoms with Crippen LogP contribution in [-0.2, 0) is 11.2 Å². The summed E-state index contributed by atoms with van der Waals surface area (Å²) in [5.74, 6) is 0.143. The van der Waals surface area contributed by atoms with E-state index in [4.69, 9.17) is 0 Å². The third-order valence-corrected chi connectivity index (χ3v) is 5.00. The van der Waals surface area contributed by atoms with Crippen LogP contribution >= 0.6 is 0 Å². The first-order valence-corrected chi connectivity index (χ1v) is 9.75. The highest BCUT2D eigenvalue weighted by atomic mass is 16.2. The third-order valence-electron chi connectivity index (χ3n) is 5.00. The summed E-state index contributed by atoms with van der Waals surface area (Å²) in [7, 11) is 1.78. The van der Waals surface area contributed by atoms with Crippen molar-refractivity contribution in [2.75, 3.05) is 11.9 Å². The summed E-state index contributed by atoms with van der Waals surface area (Å²) in [5.41, 5.74) is 5.34. The number of hydrogen-bond acceptors (Lipinski definition) is 4. The summed E-state index contributed by atoms with van der Waals surface area (Å²) < 4.78 is 0. The fraction of sp³-hybridized carbons (Fsp3) is 0.250. The Morgan fingerprint density at radius 2 is 1.90 bits per heavy atom. The number of carbonyl (C=O) groups is 2. The van der Waals surface area contributed by atoms with E-state index in [1.807, 2.05) is 56.3 Å². The molecule has 5 nitrogen and oxygen atoms in total. The van der Waals surface area contributed by atoms with Crippen molar-refractivity contribution >= 4 is 17.4 Å². The molecule has 0 saturated heterocycles. The summed E-state index contributed by atoms with van der Waals surface area (Å²) in [6.07, 6.45) is 6.71. The molecule has 0 fully saturated rings. The van der Waals surface area contributed by atoms with Gasteiger partial charge in [0.15, 0.2) is 5.78 Å². The molecule has 2 heterocycles. The van der Waals surface area contributed by atoms with Crippen LogP contribution in [0.4, 0.5) is 5.69 Å². The Hall–Kier alpha value is -3.34. The second-order valence-corrected chi connectivity index (χ2v) is 7.02. The Balaban J connectivity index is 1.71. The monoisotopic (exact) mass is 387 g/mol. The number of nitrogens with zero attached hydrogens (tertiary/aromatic N) is 3. The van der Waals surface area contributed by atoms with Gasteiger partial charge in [0, 0.05) is 55.3 Å². The number of benzene rings is 1. The largest absolute Gasteiger partial charge is 0.316 e. The van der Waals surface area contributed by atoms with Crippen molar-refractivity contribution in [3.8, 4) is 11.3 Å². The highest BCUT2D eigenvalue weighted by molar-refractivity contribution is 5.96. The van der Waals surface area contributed by atoms with Crippen LogP contribution in [0.15, 0.2) is 61.1 Å². The Bertz CT molecular complexity index is 998. The van der Waals surface area contributed by atoms with Gasteiger partial charge < -0.3 is 4.90 Å². The molecule has 1 aromatic carbocycles. The minimum atomic E-state index is 0.0691. The van der Waals surface area contributed by atoms with E-state index < -0.39 is 0 Å². The minimum Gasteiger partial charge on any atom is -0.316 e. The van der Waals surface area contributed by atoms with Crippen molar-refractivity contribution in [2.45, 2.75) is 33.1 Å². The summed E-state index contributed by atoms with van der Waals surface area (Å²) in [4.78, 5) is 34.6. The molecule has 5 heteroatoms. The predicted octanol–water partition coefficient (Wildman–Crippen LogP) is 4.64. The zero-order chi connectivity index (χ0) is 20.8. The minimum absolute atomic E-state index is 0.0691. The van der Waals surface area contributed by atoms with Gasteiger partial charge in [-0.15, -0.1) is 0 Å². The SMILES string of the molecule is CCC(=O)N(C)c1ccc(-c2ccc(C(=O)CCc3cccnc3)cn2)c(C)c1. The average molecular weight is 387 g/mol. The van der Waals surface area contributed by atoms with Crippen molar-refractivity contribution in [3.05, 3.63) is 77.7 Å². The lowest BCUT2D eigenvalue weighted by Crippen LogP contribution is -2.25. The maximum absolute atomic E-state index is 12.4. The molecule has 0 N–H and O–H groups in total. The quantitative estimate of drug-likeness (QED) is 0.554. The highest BCUT2D eigenvalue weighted by Crippen LogP contribution is 2.26. The van der Waals surface area contributed by atoms with Crippen molar-refractivity contribution < 1.29 is 9.59 Å². The lowest BCUT2D eigenvalue weighted by Gasteiger charge is -2.18. The van der Waals surface area contributed by atoms with Gasteiger partial charge in [0.25, 0.3) is 0 Å². The number of aryl methyl sites for hydroxylation is 2. The fourth-order valence-corrected chi connectivity index (χ4v) is 3.19. The molecule has 2 aromatic heterocycles. The molecule has 3 rings (SSSR count). The molecule has 0 atom stereocenters. The van der Waals surface area contributed by atoms with Crippen LogP contribution in [0.2, 0.25) is 0 Å². The number of rotatable bonds is 7. The number of ketones is 1. The van der Waals surface area contributed by atoms with Crippen LogP contribution in [0.25, 0.3) is 11.3 Å². The zero-order valence-electron chi connectivity index (χ0n) is 17.1. The van der Waals surface area contributed by atoms with E-state index in [1.54, 1.807) is 30.5 Å². The molecule has 0 saturated carbocycles.